The van der Waals surface area contributed by atoms with Crippen LogP contribution in [-0.2, 0) is 4.74 Å². The Kier molecular flexibility index (Phi) is 4.65. The molecule has 1 aromatic rings. The molecule has 1 saturated carbocycles. The quantitative estimate of drug-likeness (QED) is 0.494. The second kappa shape index (κ2) is 6.45. The maximum absolute atomic E-state index is 9.50. The van der Waals surface area contributed by atoms with E-state index in [0.717, 1.165) is 31.4 Å². The van der Waals surface area contributed by atoms with Gasteiger partial charge in [0, 0.05) is 0 Å². The van der Waals surface area contributed by atoms with Crippen LogP contribution in [0.25, 0.3) is 0 Å². The minimum atomic E-state index is -0.0973. The van der Waals surface area contributed by atoms with Crippen LogP contribution in [0.15, 0.2) is 37.1 Å². The average Bonchev–Trinajstić information content (AvgIpc) is 2.41. The topological polar surface area (TPSA) is 38.7 Å². The van der Waals surface area contributed by atoms with Crippen molar-refractivity contribution in [2.45, 2.75) is 37.7 Å². The molecule has 0 unspecified atom stereocenters. The van der Waals surface area contributed by atoms with Crippen LogP contribution in [0.3, 0.4) is 0 Å². The van der Waals surface area contributed by atoms with Crippen LogP contribution >= 0.6 is 0 Å². The van der Waals surface area contributed by atoms with Crippen LogP contribution in [0.1, 0.15) is 37.2 Å². The molecule has 18 heavy (non-hydrogen) atoms. The summed E-state index contributed by atoms with van der Waals surface area (Å²) in [4.78, 5) is 0. The molecule has 1 fully saturated rings. The molecule has 0 aromatic heterocycles. The van der Waals surface area contributed by atoms with Gasteiger partial charge in [-0.2, -0.15) is 0 Å². The zero-order chi connectivity index (χ0) is 12.8. The Morgan fingerprint density at radius 1 is 1.17 bits per heavy atom. The van der Waals surface area contributed by atoms with Gasteiger partial charge >= 0.3 is 0 Å². The molecule has 1 N–H and O–H groups in total. The van der Waals surface area contributed by atoms with E-state index in [2.05, 4.69) is 18.7 Å². The Hall–Kier alpha value is -1.48. The molecule has 1 aliphatic rings. The van der Waals surface area contributed by atoms with Gasteiger partial charge in [-0.3, -0.25) is 0 Å². The molecule has 0 heterocycles. The molecular weight excluding hydrogens is 228 g/mol. The number of hydrogen-bond acceptors (Lipinski definition) is 3. The maximum Gasteiger partial charge on any atom is 0.229 e. The highest BCUT2D eigenvalue weighted by Crippen LogP contribution is 2.33. The van der Waals surface area contributed by atoms with Gasteiger partial charge in [0.05, 0.1) is 12.4 Å². The predicted octanol–water partition coefficient (Wildman–Crippen LogP) is 3.20. The van der Waals surface area contributed by atoms with Crippen molar-refractivity contribution in [3.8, 4) is 5.75 Å². The van der Waals surface area contributed by atoms with Crippen LogP contribution in [0, 0.1) is 0 Å². The lowest BCUT2D eigenvalue weighted by Gasteiger charge is -2.25. The number of aliphatic hydroxyl groups is 1. The molecule has 2 rings (SSSR count). The van der Waals surface area contributed by atoms with Gasteiger partial charge in [0.1, 0.15) is 5.75 Å². The normalized spacial score (nSPS) is 23.4. The molecule has 0 bridgehead atoms. The second-order valence-corrected chi connectivity index (χ2v) is 4.67. The Morgan fingerprint density at radius 2 is 1.83 bits per heavy atom. The third-order valence-electron chi connectivity index (χ3n) is 3.46. The zero-order valence-electron chi connectivity index (χ0n) is 10.5. The third kappa shape index (κ3) is 3.50. The first-order chi connectivity index (χ1) is 8.79. The summed E-state index contributed by atoms with van der Waals surface area (Å²) < 4.78 is 10.3. The number of rotatable bonds is 5. The summed E-state index contributed by atoms with van der Waals surface area (Å²) in [5, 5.41) is 9.50. The fraction of sp³-hybridized carbons (Fsp3) is 0.467. The zero-order valence-corrected chi connectivity index (χ0v) is 10.5. The van der Waals surface area contributed by atoms with Crippen LogP contribution in [0.2, 0.25) is 0 Å². The van der Waals surface area contributed by atoms with Crippen LogP contribution in [0.4, 0.5) is 0 Å². The van der Waals surface area contributed by atoms with Gasteiger partial charge in [-0.1, -0.05) is 18.7 Å². The fourth-order valence-electron chi connectivity index (χ4n) is 2.40. The third-order valence-corrected chi connectivity index (χ3v) is 3.46. The standard InChI is InChI=1S/C15H20O3/c1-2-17-11-18-15-9-5-13(6-10-15)12-3-7-14(16)8-4-12/h2,5-6,9-10,12,14,16H,1,3-4,7-8,11H2. The van der Waals surface area contributed by atoms with Gasteiger partial charge < -0.3 is 14.6 Å². The van der Waals surface area contributed by atoms with E-state index in [4.69, 9.17) is 9.47 Å². The van der Waals surface area contributed by atoms with E-state index < -0.39 is 0 Å². The van der Waals surface area contributed by atoms with E-state index in [9.17, 15) is 5.11 Å². The van der Waals surface area contributed by atoms with Crippen molar-refractivity contribution in [1.29, 1.82) is 0 Å². The molecule has 0 spiro atoms. The van der Waals surface area contributed by atoms with Crippen LogP contribution in [-0.4, -0.2) is 18.0 Å². The number of aliphatic hydroxyl groups excluding tert-OH is 1. The molecule has 0 radical (unpaired) electrons. The van der Waals surface area contributed by atoms with Crippen molar-refractivity contribution in [2.24, 2.45) is 0 Å². The van der Waals surface area contributed by atoms with Gasteiger partial charge in [0.25, 0.3) is 0 Å². The second-order valence-electron chi connectivity index (χ2n) is 4.67. The summed E-state index contributed by atoms with van der Waals surface area (Å²) in [5.74, 6) is 1.38. The highest BCUT2D eigenvalue weighted by Gasteiger charge is 2.20. The summed E-state index contributed by atoms with van der Waals surface area (Å²) in [6, 6.07) is 8.14. The molecule has 1 aliphatic carbocycles. The number of benzene rings is 1. The van der Waals surface area contributed by atoms with Gasteiger partial charge in [-0.25, -0.2) is 0 Å². The Labute approximate surface area is 108 Å². The largest absolute Gasteiger partial charge is 0.466 e. The van der Waals surface area contributed by atoms with Gasteiger partial charge in [0.2, 0.25) is 6.79 Å². The highest BCUT2D eigenvalue weighted by atomic mass is 16.7. The van der Waals surface area contributed by atoms with E-state index in [-0.39, 0.29) is 12.9 Å². The summed E-state index contributed by atoms with van der Waals surface area (Å²) >= 11 is 0. The van der Waals surface area contributed by atoms with Crippen molar-refractivity contribution < 1.29 is 14.6 Å². The van der Waals surface area contributed by atoms with Crippen molar-refractivity contribution in [2.75, 3.05) is 6.79 Å². The lowest BCUT2D eigenvalue weighted by molar-refractivity contribution is 0.0806. The van der Waals surface area contributed by atoms with Crippen molar-refractivity contribution in [1.82, 2.24) is 0 Å². The Balaban J connectivity index is 1.88. The van der Waals surface area contributed by atoms with Gasteiger partial charge in [-0.05, 0) is 49.3 Å². The number of hydrogen-bond donors (Lipinski definition) is 1. The minimum absolute atomic E-state index is 0.0973. The first-order valence-corrected chi connectivity index (χ1v) is 6.43. The SMILES string of the molecule is C=COCOc1ccc(C2CCC(O)CC2)cc1. The molecule has 0 amide bonds. The molecule has 0 saturated heterocycles. The highest BCUT2D eigenvalue weighted by molar-refractivity contribution is 5.29. The van der Waals surface area contributed by atoms with Crippen LogP contribution in [0.5, 0.6) is 5.75 Å². The van der Waals surface area contributed by atoms with E-state index in [0.29, 0.717) is 5.92 Å². The van der Waals surface area contributed by atoms with E-state index in [1.807, 2.05) is 12.1 Å². The minimum Gasteiger partial charge on any atom is -0.466 e. The van der Waals surface area contributed by atoms with E-state index >= 15 is 0 Å². The molecule has 0 aliphatic heterocycles. The lowest BCUT2D eigenvalue weighted by Crippen LogP contribution is -2.16. The van der Waals surface area contributed by atoms with Crippen LogP contribution < -0.4 is 4.74 Å². The first-order valence-electron chi connectivity index (χ1n) is 6.43. The molecule has 0 atom stereocenters. The molecule has 3 heteroatoms. The van der Waals surface area contributed by atoms with Gasteiger partial charge in [-0.15, -0.1) is 0 Å². The summed E-state index contributed by atoms with van der Waals surface area (Å²) in [6.45, 7) is 3.64. The van der Waals surface area contributed by atoms with Gasteiger partial charge in [0.15, 0.2) is 0 Å². The smallest absolute Gasteiger partial charge is 0.229 e. The van der Waals surface area contributed by atoms with Crippen molar-refractivity contribution in [3.63, 3.8) is 0 Å². The molecular formula is C15H20O3. The van der Waals surface area contributed by atoms with Crippen molar-refractivity contribution in [3.05, 3.63) is 42.7 Å². The monoisotopic (exact) mass is 248 g/mol. The first kappa shape index (κ1) is 13.0. The molecule has 3 nitrogen and oxygen atoms in total. The summed E-state index contributed by atoms with van der Waals surface area (Å²) in [6.07, 6.45) is 5.23. The fourth-order valence-corrected chi connectivity index (χ4v) is 2.40. The molecule has 1 aromatic carbocycles. The molecule has 98 valence electrons. The average molecular weight is 248 g/mol. The Morgan fingerprint density at radius 3 is 2.44 bits per heavy atom. The summed E-state index contributed by atoms with van der Waals surface area (Å²) in [7, 11) is 0. The summed E-state index contributed by atoms with van der Waals surface area (Å²) in [5.41, 5.74) is 1.33. The predicted molar refractivity (Wildman–Crippen MR) is 70.4 cm³/mol. The Bertz CT molecular complexity index is 364. The number of ether oxygens (including phenoxy) is 2. The lowest BCUT2D eigenvalue weighted by atomic mass is 9.83. The van der Waals surface area contributed by atoms with E-state index in [1.165, 1.54) is 11.8 Å². The maximum atomic E-state index is 9.50. The van der Waals surface area contributed by atoms with E-state index in [1.54, 1.807) is 0 Å². The van der Waals surface area contributed by atoms with Crippen molar-refractivity contribution >= 4 is 0 Å².